The molecule has 0 spiro atoms. The molecule has 0 radical (unpaired) electrons. The predicted molar refractivity (Wildman–Crippen MR) is 119 cm³/mol. The number of anilines is 2. The van der Waals surface area contributed by atoms with Crippen LogP contribution >= 0.6 is 0 Å². The summed E-state index contributed by atoms with van der Waals surface area (Å²) in [5.74, 6) is -0.0564. The number of nitrogens with two attached hydrogens (primary N) is 2. The number of hydrogen-bond donors (Lipinski definition) is 4. The van der Waals surface area contributed by atoms with Gasteiger partial charge in [-0.05, 0) is 65.9 Å². The highest BCUT2D eigenvalue weighted by atomic mass is 16.5. The van der Waals surface area contributed by atoms with E-state index >= 15 is 0 Å². The maximum atomic E-state index is 12.1. The molecule has 2 amide bonds. The molecule has 7 nitrogen and oxygen atoms in total. The second-order valence-corrected chi connectivity index (χ2v) is 7.39. The van der Waals surface area contributed by atoms with Crippen LogP contribution in [0.1, 0.15) is 43.2 Å². The molecule has 30 heavy (non-hydrogen) atoms. The molecule has 0 bridgehead atoms. The Labute approximate surface area is 177 Å². The van der Waals surface area contributed by atoms with Crippen LogP contribution < -0.4 is 22.1 Å². The van der Waals surface area contributed by atoms with Gasteiger partial charge in [0.15, 0.2) is 0 Å². The fourth-order valence-electron chi connectivity index (χ4n) is 3.86. The Hall–Kier alpha value is -2.74. The first-order chi connectivity index (χ1) is 14.6. The molecule has 0 fully saturated rings. The maximum absolute atomic E-state index is 12.1. The van der Waals surface area contributed by atoms with Gasteiger partial charge < -0.3 is 26.8 Å². The number of benzene rings is 2. The van der Waals surface area contributed by atoms with Gasteiger partial charge in [-0.15, -0.1) is 0 Å². The van der Waals surface area contributed by atoms with Crippen molar-refractivity contribution in [3.63, 3.8) is 0 Å². The molecule has 2 aromatic carbocycles. The number of carbonyl (C=O) groups is 2. The molecule has 0 saturated carbocycles. The molecule has 6 N–H and O–H groups in total. The molecule has 1 atom stereocenters. The Kier molecular flexibility index (Phi) is 7.57. The minimum absolute atomic E-state index is 0.0143. The second kappa shape index (κ2) is 10.3. The fourth-order valence-corrected chi connectivity index (χ4v) is 3.86. The average Bonchev–Trinajstić information content (AvgIpc) is 3.03. The van der Waals surface area contributed by atoms with Crippen LogP contribution in [-0.2, 0) is 14.3 Å². The van der Waals surface area contributed by atoms with Gasteiger partial charge >= 0.3 is 0 Å². The van der Waals surface area contributed by atoms with E-state index in [4.69, 9.17) is 16.2 Å². The monoisotopic (exact) mass is 410 g/mol. The minimum Gasteiger partial charge on any atom is -0.372 e. The highest BCUT2D eigenvalue weighted by Gasteiger charge is 2.28. The summed E-state index contributed by atoms with van der Waals surface area (Å²) in [5, 5.41) is 5.82. The zero-order valence-corrected chi connectivity index (χ0v) is 17.4. The van der Waals surface area contributed by atoms with E-state index in [2.05, 4.69) is 17.6 Å². The molecule has 160 valence electrons. The first kappa shape index (κ1) is 22.0. The molecule has 7 heteroatoms. The highest BCUT2D eigenvalue weighted by Crippen LogP contribution is 2.48. The number of hydrogen-bond acceptors (Lipinski definition) is 5. The van der Waals surface area contributed by atoms with E-state index in [1.54, 1.807) is 0 Å². The van der Waals surface area contributed by atoms with Crippen molar-refractivity contribution < 1.29 is 14.3 Å². The second-order valence-electron chi connectivity index (χ2n) is 7.39. The Morgan fingerprint density at radius 2 is 1.53 bits per heavy atom. The van der Waals surface area contributed by atoms with E-state index in [1.165, 1.54) is 11.1 Å². The predicted octanol–water partition coefficient (Wildman–Crippen LogP) is 2.80. The molecule has 3 rings (SSSR count). The van der Waals surface area contributed by atoms with Gasteiger partial charge in [0.25, 0.3) is 0 Å². The Morgan fingerprint density at radius 1 is 0.933 bits per heavy atom. The third kappa shape index (κ3) is 5.05. The van der Waals surface area contributed by atoms with E-state index < -0.39 is 0 Å². The lowest BCUT2D eigenvalue weighted by molar-refractivity contribution is -0.120. The smallest absolute Gasteiger partial charge is 0.250 e. The first-order valence-corrected chi connectivity index (χ1v) is 10.4. The van der Waals surface area contributed by atoms with Crippen LogP contribution in [0, 0.1) is 0 Å². The van der Waals surface area contributed by atoms with Crippen molar-refractivity contribution in [1.29, 1.82) is 0 Å². The Morgan fingerprint density at radius 3 is 2.07 bits per heavy atom. The van der Waals surface area contributed by atoms with Crippen LogP contribution in [0.15, 0.2) is 36.4 Å². The molecule has 0 heterocycles. The van der Waals surface area contributed by atoms with Crippen molar-refractivity contribution >= 4 is 23.2 Å². The molecule has 0 aliphatic heterocycles. The number of nitrogens with one attached hydrogen (secondary N) is 2. The first-order valence-electron chi connectivity index (χ1n) is 10.4. The van der Waals surface area contributed by atoms with Crippen LogP contribution in [0.25, 0.3) is 11.1 Å². The van der Waals surface area contributed by atoms with Gasteiger partial charge in [-0.1, -0.05) is 19.1 Å². The van der Waals surface area contributed by atoms with Gasteiger partial charge in [0.1, 0.15) is 6.61 Å². The van der Waals surface area contributed by atoms with Crippen molar-refractivity contribution in [3.8, 4) is 11.1 Å². The van der Waals surface area contributed by atoms with Gasteiger partial charge in [0.05, 0.1) is 0 Å². The summed E-state index contributed by atoms with van der Waals surface area (Å²) in [7, 11) is 0. The van der Waals surface area contributed by atoms with E-state index in [1.807, 2.05) is 36.4 Å². The summed E-state index contributed by atoms with van der Waals surface area (Å²) in [6.07, 6.45) is 1.95. The van der Waals surface area contributed by atoms with Crippen LogP contribution in [0.4, 0.5) is 11.4 Å². The molecular weight excluding hydrogens is 380 g/mol. The molecular formula is C23H30N4O3. The molecule has 1 unspecified atom stereocenters. The van der Waals surface area contributed by atoms with Crippen LogP contribution in [0.5, 0.6) is 0 Å². The molecule has 2 aromatic rings. The SMILES string of the molecule is CCC1c2cc(NC(=O)CCN)ccc2-c2ccc(NC(=O)COCCCN)cc21. The third-order valence-corrected chi connectivity index (χ3v) is 5.22. The minimum atomic E-state index is -0.180. The third-order valence-electron chi connectivity index (χ3n) is 5.22. The lowest BCUT2D eigenvalue weighted by Gasteiger charge is -2.13. The zero-order valence-electron chi connectivity index (χ0n) is 17.4. The number of amides is 2. The molecule has 1 aliphatic rings. The lowest BCUT2D eigenvalue weighted by Crippen LogP contribution is -2.19. The normalized spacial score (nSPS) is 14.2. The number of rotatable bonds is 10. The van der Waals surface area contributed by atoms with Gasteiger partial charge in [0, 0.05) is 36.9 Å². The lowest BCUT2D eigenvalue weighted by atomic mass is 9.94. The van der Waals surface area contributed by atoms with Gasteiger partial charge in [0.2, 0.25) is 11.8 Å². The maximum Gasteiger partial charge on any atom is 0.250 e. The average molecular weight is 411 g/mol. The molecule has 0 aromatic heterocycles. The topological polar surface area (TPSA) is 119 Å². The highest BCUT2D eigenvalue weighted by molar-refractivity contribution is 5.94. The quantitative estimate of drug-likeness (QED) is 0.449. The zero-order chi connectivity index (χ0) is 21.5. The van der Waals surface area contributed by atoms with E-state index in [0.717, 1.165) is 35.3 Å². The summed E-state index contributed by atoms with van der Waals surface area (Å²) in [4.78, 5) is 24.0. The number of ether oxygens (including phenoxy) is 1. The van der Waals surface area contributed by atoms with Crippen LogP contribution in [0.2, 0.25) is 0 Å². The van der Waals surface area contributed by atoms with Gasteiger partial charge in [-0.2, -0.15) is 0 Å². The summed E-state index contributed by atoms with van der Waals surface area (Å²) in [6, 6.07) is 12.0. The van der Waals surface area contributed by atoms with Crippen molar-refractivity contribution in [1.82, 2.24) is 0 Å². The molecule has 0 saturated heterocycles. The van der Waals surface area contributed by atoms with E-state index in [-0.39, 0.29) is 24.3 Å². The van der Waals surface area contributed by atoms with Crippen molar-refractivity contribution in [3.05, 3.63) is 47.5 Å². The van der Waals surface area contributed by atoms with Crippen molar-refractivity contribution in [2.45, 2.75) is 32.1 Å². The Bertz CT molecular complexity index is 913. The van der Waals surface area contributed by atoms with Crippen LogP contribution in [-0.4, -0.2) is 38.1 Å². The Balaban J connectivity index is 1.75. The summed E-state index contributed by atoms with van der Waals surface area (Å²) < 4.78 is 5.32. The fraction of sp³-hybridized carbons (Fsp3) is 0.391. The number of carbonyl (C=O) groups excluding carboxylic acids is 2. The van der Waals surface area contributed by atoms with Crippen molar-refractivity contribution in [2.75, 3.05) is 36.9 Å². The van der Waals surface area contributed by atoms with Crippen LogP contribution in [0.3, 0.4) is 0 Å². The van der Waals surface area contributed by atoms with E-state index in [9.17, 15) is 9.59 Å². The van der Waals surface area contributed by atoms with Gasteiger partial charge in [-0.25, -0.2) is 0 Å². The summed E-state index contributed by atoms with van der Waals surface area (Å²) in [5.41, 5.74) is 17.1. The van der Waals surface area contributed by atoms with E-state index in [0.29, 0.717) is 26.1 Å². The van der Waals surface area contributed by atoms with Crippen molar-refractivity contribution in [2.24, 2.45) is 11.5 Å². The molecule has 1 aliphatic carbocycles. The largest absolute Gasteiger partial charge is 0.372 e. The summed E-state index contributed by atoms with van der Waals surface area (Å²) in [6.45, 7) is 3.50. The summed E-state index contributed by atoms with van der Waals surface area (Å²) >= 11 is 0. The standard InChI is InChI=1S/C23H30N4O3/c1-2-17-20-12-15(26-22(28)8-10-25)4-6-18(20)19-7-5-16(13-21(17)19)27-23(29)14-30-11-3-9-24/h4-7,12-13,17H,2-3,8-11,14,24-25H2,1H3,(H,26,28)(H,27,29). The number of fused-ring (bicyclic) bond motifs is 3. The van der Waals surface area contributed by atoms with Gasteiger partial charge in [-0.3, -0.25) is 9.59 Å².